The number of alkyl carbamates (subject to hydrolysis) is 1. The minimum absolute atomic E-state index is 0.116. The predicted octanol–water partition coefficient (Wildman–Crippen LogP) is 1.72. The van der Waals surface area contributed by atoms with Gasteiger partial charge in [0.25, 0.3) is 0 Å². The minimum Gasteiger partial charge on any atom is -0.444 e. The smallest absolute Gasteiger partial charge is 0.408 e. The average molecular weight is 276 g/mol. The zero-order valence-corrected chi connectivity index (χ0v) is 12.9. The van der Waals surface area contributed by atoms with Gasteiger partial charge in [0.2, 0.25) is 5.91 Å². The van der Waals surface area contributed by atoms with Crippen LogP contribution in [0.5, 0.6) is 0 Å². The second-order valence-electron chi connectivity index (χ2n) is 5.21. The summed E-state index contributed by atoms with van der Waals surface area (Å²) in [5.41, 5.74) is -0.560. The Morgan fingerprint density at radius 3 is 2.28 bits per heavy atom. The van der Waals surface area contributed by atoms with E-state index >= 15 is 0 Å². The Kier molecular flexibility index (Phi) is 7.13. The summed E-state index contributed by atoms with van der Waals surface area (Å²) in [7, 11) is 3.34. The molecular formula is C12H24N2O3S. The first-order valence-electron chi connectivity index (χ1n) is 5.87. The monoisotopic (exact) mass is 276 g/mol. The molecule has 1 atom stereocenters. The molecule has 6 heteroatoms. The Bertz CT molecular complexity index is 288. The first kappa shape index (κ1) is 17.1. The van der Waals surface area contributed by atoms with Gasteiger partial charge in [-0.05, 0) is 39.2 Å². The first-order valence-corrected chi connectivity index (χ1v) is 7.26. The van der Waals surface area contributed by atoms with Gasteiger partial charge in [-0.2, -0.15) is 11.8 Å². The van der Waals surface area contributed by atoms with E-state index in [1.165, 1.54) is 4.90 Å². The van der Waals surface area contributed by atoms with Crippen molar-refractivity contribution in [3.05, 3.63) is 0 Å². The third-order valence-corrected chi connectivity index (χ3v) is 2.68. The lowest BCUT2D eigenvalue weighted by Crippen LogP contribution is -2.48. The summed E-state index contributed by atoms with van der Waals surface area (Å²) >= 11 is 1.64. The van der Waals surface area contributed by atoms with E-state index < -0.39 is 17.7 Å². The van der Waals surface area contributed by atoms with Gasteiger partial charge in [0.15, 0.2) is 0 Å². The SMILES string of the molecule is CSCCC(NC(=O)OC(C)(C)C)C(=O)N(C)C. The molecule has 0 saturated carbocycles. The van der Waals surface area contributed by atoms with Crippen LogP contribution in [-0.4, -0.2) is 54.6 Å². The van der Waals surface area contributed by atoms with Crippen LogP contribution in [0.4, 0.5) is 4.79 Å². The molecule has 0 spiro atoms. The topological polar surface area (TPSA) is 58.6 Å². The molecule has 0 fully saturated rings. The Hall–Kier alpha value is -0.910. The maximum absolute atomic E-state index is 11.9. The van der Waals surface area contributed by atoms with E-state index in [4.69, 9.17) is 4.74 Å². The third-order valence-electron chi connectivity index (χ3n) is 2.04. The zero-order chi connectivity index (χ0) is 14.3. The third kappa shape index (κ3) is 7.42. The Balaban J connectivity index is 4.49. The molecule has 106 valence electrons. The molecule has 0 aromatic rings. The molecule has 0 aromatic carbocycles. The molecule has 0 saturated heterocycles. The molecule has 0 rings (SSSR count). The van der Waals surface area contributed by atoms with Gasteiger partial charge in [-0.15, -0.1) is 0 Å². The summed E-state index contributed by atoms with van der Waals surface area (Å²) in [5.74, 6) is 0.690. The summed E-state index contributed by atoms with van der Waals surface area (Å²) < 4.78 is 5.15. The first-order chi connectivity index (χ1) is 8.17. The molecule has 2 amide bonds. The van der Waals surface area contributed by atoms with Gasteiger partial charge in [0, 0.05) is 14.1 Å². The molecule has 0 aliphatic heterocycles. The molecule has 0 aliphatic carbocycles. The number of hydrogen-bond acceptors (Lipinski definition) is 4. The fourth-order valence-corrected chi connectivity index (χ4v) is 1.73. The van der Waals surface area contributed by atoms with Gasteiger partial charge in [-0.1, -0.05) is 0 Å². The van der Waals surface area contributed by atoms with Crippen molar-refractivity contribution in [2.24, 2.45) is 0 Å². The van der Waals surface area contributed by atoms with Gasteiger partial charge < -0.3 is 15.0 Å². The fraction of sp³-hybridized carbons (Fsp3) is 0.833. The van der Waals surface area contributed by atoms with Crippen LogP contribution >= 0.6 is 11.8 Å². The number of nitrogens with one attached hydrogen (secondary N) is 1. The van der Waals surface area contributed by atoms with Crippen LogP contribution in [0.25, 0.3) is 0 Å². The number of likely N-dealkylation sites (N-methyl/N-ethyl adjacent to an activating group) is 1. The number of carbonyl (C=O) groups is 2. The van der Waals surface area contributed by atoms with Gasteiger partial charge in [0.05, 0.1) is 0 Å². The number of ether oxygens (including phenoxy) is 1. The maximum Gasteiger partial charge on any atom is 0.408 e. The van der Waals surface area contributed by atoms with Crippen molar-refractivity contribution in [3.8, 4) is 0 Å². The standard InChI is InChI=1S/C12H24N2O3S/c1-12(2,3)17-11(16)13-9(7-8-18-6)10(15)14(4)5/h9H,7-8H2,1-6H3,(H,13,16). The molecule has 5 nitrogen and oxygen atoms in total. The molecule has 0 radical (unpaired) electrons. The van der Waals surface area contributed by atoms with E-state index in [1.54, 1.807) is 46.6 Å². The number of thioether (sulfide) groups is 1. The van der Waals surface area contributed by atoms with E-state index in [1.807, 2.05) is 6.26 Å². The summed E-state index contributed by atoms with van der Waals surface area (Å²) in [6.07, 6.45) is 2.01. The number of rotatable bonds is 5. The van der Waals surface area contributed by atoms with Gasteiger partial charge in [0.1, 0.15) is 11.6 Å². The van der Waals surface area contributed by atoms with Gasteiger partial charge in [-0.25, -0.2) is 4.79 Å². The van der Waals surface area contributed by atoms with Crippen molar-refractivity contribution in [2.75, 3.05) is 26.1 Å². The number of hydrogen-bond donors (Lipinski definition) is 1. The zero-order valence-electron chi connectivity index (χ0n) is 12.1. The van der Waals surface area contributed by atoms with Crippen molar-refractivity contribution >= 4 is 23.8 Å². The van der Waals surface area contributed by atoms with Crippen LogP contribution in [-0.2, 0) is 9.53 Å². The summed E-state index contributed by atoms with van der Waals surface area (Å²) in [5, 5.41) is 2.62. The second kappa shape index (κ2) is 7.51. The van der Waals surface area contributed by atoms with E-state index in [0.29, 0.717) is 6.42 Å². The molecular weight excluding hydrogens is 252 g/mol. The highest BCUT2D eigenvalue weighted by atomic mass is 32.2. The summed E-state index contributed by atoms with van der Waals surface area (Å²) in [6.45, 7) is 5.37. The van der Waals surface area contributed by atoms with Crippen LogP contribution in [0.15, 0.2) is 0 Å². The highest BCUT2D eigenvalue weighted by Crippen LogP contribution is 2.08. The number of nitrogens with zero attached hydrogens (tertiary/aromatic N) is 1. The Morgan fingerprint density at radius 2 is 1.89 bits per heavy atom. The van der Waals surface area contributed by atoms with Crippen molar-refractivity contribution < 1.29 is 14.3 Å². The second-order valence-corrected chi connectivity index (χ2v) is 6.20. The minimum atomic E-state index is -0.560. The fourth-order valence-electron chi connectivity index (χ4n) is 1.25. The van der Waals surface area contributed by atoms with Gasteiger partial charge in [-0.3, -0.25) is 4.79 Å². The van der Waals surface area contributed by atoms with Crippen molar-refractivity contribution in [1.82, 2.24) is 10.2 Å². The van der Waals surface area contributed by atoms with Crippen molar-refractivity contribution in [1.29, 1.82) is 0 Å². The molecule has 18 heavy (non-hydrogen) atoms. The highest BCUT2D eigenvalue weighted by Gasteiger charge is 2.24. The quantitative estimate of drug-likeness (QED) is 0.830. The predicted molar refractivity (Wildman–Crippen MR) is 74.9 cm³/mol. The van der Waals surface area contributed by atoms with Gasteiger partial charge >= 0.3 is 6.09 Å². The molecule has 1 N–H and O–H groups in total. The Labute approximate surface area is 114 Å². The lowest BCUT2D eigenvalue weighted by molar-refractivity contribution is -0.131. The largest absolute Gasteiger partial charge is 0.444 e. The van der Waals surface area contributed by atoms with Crippen LogP contribution in [0, 0.1) is 0 Å². The highest BCUT2D eigenvalue weighted by molar-refractivity contribution is 7.98. The van der Waals surface area contributed by atoms with Crippen molar-refractivity contribution in [2.45, 2.75) is 38.8 Å². The summed E-state index contributed by atoms with van der Waals surface area (Å²) in [4.78, 5) is 25.0. The summed E-state index contributed by atoms with van der Waals surface area (Å²) in [6, 6.07) is -0.526. The van der Waals surface area contributed by atoms with E-state index in [-0.39, 0.29) is 5.91 Å². The molecule has 0 aliphatic rings. The van der Waals surface area contributed by atoms with Crippen LogP contribution in [0.1, 0.15) is 27.2 Å². The molecule has 0 heterocycles. The molecule has 1 unspecified atom stereocenters. The number of carbonyl (C=O) groups excluding carboxylic acids is 2. The van der Waals surface area contributed by atoms with E-state index in [2.05, 4.69) is 5.32 Å². The van der Waals surface area contributed by atoms with E-state index in [0.717, 1.165) is 5.75 Å². The van der Waals surface area contributed by atoms with Crippen LogP contribution in [0.3, 0.4) is 0 Å². The molecule has 0 aromatic heterocycles. The van der Waals surface area contributed by atoms with Crippen LogP contribution < -0.4 is 5.32 Å². The normalized spacial score (nSPS) is 12.8. The van der Waals surface area contributed by atoms with Crippen LogP contribution in [0.2, 0.25) is 0 Å². The van der Waals surface area contributed by atoms with Crippen molar-refractivity contribution in [3.63, 3.8) is 0 Å². The lowest BCUT2D eigenvalue weighted by Gasteiger charge is -2.24. The van der Waals surface area contributed by atoms with E-state index in [9.17, 15) is 9.59 Å². The maximum atomic E-state index is 11.9. The average Bonchev–Trinajstić information content (AvgIpc) is 2.20. The number of amides is 2. The molecule has 0 bridgehead atoms. The Morgan fingerprint density at radius 1 is 1.33 bits per heavy atom. The lowest BCUT2D eigenvalue weighted by atomic mass is 10.2.